The molecule has 0 fully saturated rings. The summed E-state index contributed by atoms with van der Waals surface area (Å²) in [5, 5.41) is 5.00. The van der Waals surface area contributed by atoms with Gasteiger partial charge >= 0.3 is 0 Å². The molecule has 0 aliphatic carbocycles. The normalized spacial score (nSPS) is 13.0. The van der Waals surface area contributed by atoms with E-state index in [1.54, 1.807) is 0 Å². The molecule has 1 atom stereocenters. The first kappa shape index (κ1) is 22.9. The smallest absolute Gasteiger partial charge is 0.253 e. The number of rotatable bonds is 6. The minimum atomic E-state index is -0.113. The van der Waals surface area contributed by atoms with Gasteiger partial charge in [0, 0.05) is 17.6 Å². The Morgan fingerprint density at radius 1 is 1.03 bits per heavy atom. The minimum absolute atomic E-state index is 0.0146. The first-order valence-electron chi connectivity index (χ1n) is 11.6. The number of aryl methyl sites for hydroxylation is 1. The van der Waals surface area contributed by atoms with E-state index in [1.807, 2.05) is 72.5 Å². The summed E-state index contributed by atoms with van der Waals surface area (Å²) >= 11 is 5.85. The van der Waals surface area contributed by atoms with E-state index in [0.29, 0.717) is 23.8 Å². The van der Waals surface area contributed by atoms with Crippen LogP contribution in [0.1, 0.15) is 35.2 Å². The van der Waals surface area contributed by atoms with Crippen molar-refractivity contribution in [3.63, 3.8) is 0 Å². The molecule has 0 spiro atoms. The fourth-order valence-electron chi connectivity index (χ4n) is 4.24. The molecule has 1 aromatic heterocycles. The maximum Gasteiger partial charge on any atom is 0.253 e. The number of H-pyrrole nitrogens is 1. The van der Waals surface area contributed by atoms with Crippen molar-refractivity contribution in [1.29, 1.82) is 0 Å². The molecular weight excluding hydrogens is 458 g/mol. The van der Waals surface area contributed by atoms with Crippen molar-refractivity contribution in [2.75, 3.05) is 6.79 Å². The van der Waals surface area contributed by atoms with Gasteiger partial charge in [0.15, 0.2) is 16.6 Å². The summed E-state index contributed by atoms with van der Waals surface area (Å²) in [5.74, 6) is 1.46. The molecule has 0 saturated heterocycles. The van der Waals surface area contributed by atoms with Crippen LogP contribution in [0.2, 0.25) is 0 Å². The van der Waals surface area contributed by atoms with Gasteiger partial charge in [-0.25, -0.2) is 0 Å². The van der Waals surface area contributed by atoms with Crippen molar-refractivity contribution in [2.45, 2.75) is 33.0 Å². The number of aromatic amines is 1. The fourth-order valence-corrected chi connectivity index (χ4v) is 4.55. The number of benzene rings is 3. The number of pyridine rings is 1. The highest BCUT2D eigenvalue weighted by molar-refractivity contribution is 7.80. The van der Waals surface area contributed by atoms with E-state index in [2.05, 4.69) is 29.4 Å². The van der Waals surface area contributed by atoms with Crippen LogP contribution in [0, 0.1) is 6.92 Å². The molecule has 2 heterocycles. The van der Waals surface area contributed by atoms with E-state index in [4.69, 9.17) is 21.7 Å². The van der Waals surface area contributed by atoms with Crippen molar-refractivity contribution in [3.8, 4) is 11.5 Å². The molecule has 178 valence electrons. The third kappa shape index (κ3) is 5.15. The Kier molecular flexibility index (Phi) is 6.42. The third-order valence-electron chi connectivity index (χ3n) is 6.18. The van der Waals surface area contributed by atoms with Crippen LogP contribution in [0.3, 0.4) is 0 Å². The van der Waals surface area contributed by atoms with Gasteiger partial charge in [0.25, 0.3) is 5.56 Å². The summed E-state index contributed by atoms with van der Waals surface area (Å²) in [5.41, 5.74) is 4.62. The minimum Gasteiger partial charge on any atom is -0.454 e. The van der Waals surface area contributed by atoms with Crippen LogP contribution in [0.4, 0.5) is 0 Å². The van der Waals surface area contributed by atoms with Crippen LogP contribution >= 0.6 is 12.2 Å². The second-order valence-corrected chi connectivity index (χ2v) is 9.23. The molecular formula is C28H27N3O3S. The van der Waals surface area contributed by atoms with Crippen LogP contribution in [-0.2, 0) is 13.1 Å². The van der Waals surface area contributed by atoms with Crippen molar-refractivity contribution in [3.05, 3.63) is 105 Å². The average molecular weight is 486 g/mol. The molecule has 1 aliphatic rings. The maximum absolute atomic E-state index is 13.0. The van der Waals surface area contributed by atoms with Crippen LogP contribution in [-0.4, -0.2) is 21.8 Å². The van der Waals surface area contributed by atoms with Crippen molar-refractivity contribution >= 4 is 28.2 Å². The summed E-state index contributed by atoms with van der Waals surface area (Å²) in [6.07, 6.45) is 0. The van der Waals surface area contributed by atoms with Gasteiger partial charge in [-0.1, -0.05) is 48.5 Å². The van der Waals surface area contributed by atoms with Gasteiger partial charge < -0.3 is 24.7 Å². The van der Waals surface area contributed by atoms with Gasteiger partial charge in [0.05, 0.1) is 12.6 Å². The Balaban J connectivity index is 1.44. The quantitative estimate of drug-likeness (QED) is 0.366. The first-order valence-corrected chi connectivity index (χ1v) is 12.0. The summed E-state index contributed by atoms with van der Waals surface area (Å²) in [6.45, 7) is 5.18. The number of hydrogen-bond acceptors (Lipinski definition) is 4. The number of fused-ring (bicyclic) bond motifs is 2. The van der Waals surface area contributed by atoms with E-state index in [9.17, 15) is 4.79 Å². The number of hydrogen-bond donors (Lipinski definition) is 2. The standard InChI is InChI=1S/C28H27N3O3S/c1-18-8-10-22-14-23(27(32)30-24(22)12-18)16-31(15-20-9-11-25-26(13-20)34-17-33-25)28(35)29-19(2)21-6-4-3-5-7-21/h3-14,19H,15-17H2,1-2H3,(H,29,35)(H,30,32)/t19-/m0/s1. The maximum atomic E-state index is 13.0. The summed E-state index contributed by atoms with van der Waals surface area (Å²) in [7, 11) is 0. The van der Waals surface area contributed by atoms with Crippen molar-refractivity contribution < 1.29 is 9.47 Å². The van der Waals surface area contributed by atoms with Gasteiger partial charge in [0.1, 0.15) is 0 Å². The third-order valence-corrected chi connectivity index (χ3v) is 6.55. The van der Waals surface area contributed by atoms with E-state index in [0.717, 1.165) is 39.1 Å². The van der Waals surface area contributed by atoms with Gasteiger partial charge in [-0.2, -0.15) is 0 Å². The van der Waals surface area contributed by atoms with E-state index in [-0.39, 0.29) is 18.4 Å². The Hall–Kier alpha value is -3.84. The highest BCUT2D eigenvalue weighted by atomic mass is 32.1. The monoisotopic (exact) mass is 485 g/mol. The average Bonchev–Trinajstić information content (AvgIpc) is 3.32. The SMILES string of the molecule is Cc1ccc2cc(CN(Cc3ccc4c(c3)OCO4)C(=S)N[C@@H](C)c3ccccc3)c(=O)[nH]c2c1. The van der Waals surface area contributed by atoms with Gasteiger partial charge in [-0.05, 0) is 72.4 Å². The van der Waals surface area contributed by atoms with Crippen LogP contribution in [0.15, 0.2) is 77.6 Å². The first-order chi connectivity index (χ1) is 17.0. The number of nitrogens with zero attached hydrogens (tertiary/aromatic N) is 1. The topological polar surface area (TPSA) is 66.6 Å². The number of thiocarbonyl (C=S) groups is 1. The van der Waals surface area contributed by atoms with E-state index >= 15 is 0 Å². The Labute approximate surface area is 209 Å². The Morgan fingerprint density at radius 3 is 2.66 bits per heavy atom. The molecule has 5 rings (SSSR count). The number of aromatic nitrogens is 1. The molecule has 1 aliphatic heterocycles. The van der Waals surface area contributed by atoms with Crippen LogP contribution in [0.5, 0.6) is 11.5 Å². The summed E-state index contributed by atoms with van der Waals surface area (Å²) in [4.78, 5) is 18.0. The van der Waals surface area contributed by atoms with Gasteiger partial charge in [-0.15, -0.1) is 0 Å². The zero-order valence-corrected chi connectivity index (χ0v) is 20.5. The molecule has 3 aromatic carbocycles. The second kappa shape index (κ2) is 9.80. The van der Waals surface area contributed by atoms with Gasteiger partial charge in [0.2, 0.25) is 6.79 Å². The molecule has 0 amide bonds. The number of ether oxygens (including phenoxy) is 2. The molecule has 7 heteroatoms. The zero-order valence-electron chi connectivity index (χ0n) is 19.7. The summed E-state index contributed by atoms with van der Waals surface area (Å²) in [6, 6.07) is 24.0. The Bertz CT molecular complexity index is 1430. The molecule has 0 bridgehead atoms. The van der Waals surface area contributed by atoms with E-state index in [1.165, 1.54) is 0 Å². The molecule has 0 radical (unpaired) electrons. The Morgan fingerprint density at radius 2 is 1.83 bits per heavy atom. The lowest BCUT2D eigenvalue weighted by Crippen LogP contribution is -2.41. The van der Waals surface area contributed by atoms with Gasteiger partial charge in [-0.3, -0.25) is 4.79 Å². The summed E-state index contributed by atoms with van der Waals surface area (Å²) < 4.78 is 11.0. The van der Waals surface area contributed by atoms with Crippen molar-refractivity contribution in [2.24, 2.45) is 0 Å². The molecule has 0 saturated carbocycles. The van der Waals surface area contributed by atoms with Crippen LogP contribution < -0.4 is 20.3 Å². The molecule has 6 nitrogen and oxygen atoms in total. The molecule has 2 N–H and O–H groups in total. The highest BCUT2D eigenvalue weighted by Crippen LogP contribution is 2.33. The zero-order chi connectivity index (χ0) is 24.4. The lowest BCUT2D eigenvalue weighted by Gasteiger charge is -2.28. The molecule has 4 aromatic rings. The van der Waals surface area contributed by atoms with Crippen LogP contribution in [0.25, 0.3) is 10.9 Å². The van der Waals surface area contributed by atoms with E-state index < -0.39 is 0 Å². The fraction of sp³-hybridized carbons (Fsp3) is 0.214. The predicted molar refractivity (Wildman–Crippen MR) is 142 cm³/mol. The lowest BCUT2D eigenvalue weighted by molar-refractivity contribution is 0.174. The molecule has 35 heavy (non-hydrogen) atoms. The predicted octanol–water partition coefficient (Wildman–Crippen LogP) is 5.20. The molecule has 0 unspecified atom stereocenters. The second-order valence-electron chi connectivity index (χ2n) is 8.84. The lowest BCUT2D eigenvalue weighted by atomic mass is 10.1. The highest BCUT2D eigenvalue weighted by Gasteiger charge is 2.19. The number of nitrogens with one attached hydrogen (secondary N) is 2. The van der Waals surface area contributed by atoms with Crippen molar-refractivity contribution in [1.82, 2.24) is 15.2 Å². The largest absolute Gasteiger partial charge is 0.454 e.